The van der Waals surface area contributed by atoms with E-state index in [-0.39, 0.29) is 36.0 Å². The fourth-order valence-corrected chi connectivity index (χ4v) is 4.95. The first kappa shape index (κ1) is 25.2. The molecule has 0 radical (unpaired) electrons. The lowest BCUT2D eigenvalue weighted by molar-refractivity contribution is -0.130. The van der Waals surface area contributed by atoms with Crippen molar-refractivity contribution in [2.75, 3.05) is 39.9 Å². The number of rotatable bonds is 8. The van der Waals surface area contributed by atoms with Crippen molar-refractivity contribution >= 4 is 27.8 Å². The molecule has 0 unspecified atom stereocenters. The Hall–Kier alpha value is -3.44. The Morgan fingerprint density at radius 1 is 1.00 bits per heavy atom. The van der Waals surface area contributed by atoms with E-state index in [1.165, 1.54) is 42.6 Å². The second-order valence-electron chi connectivity index (χ2n) is 7.60. The maximum absolute atomic E-state index is 13.0. The zero-order valence-electron chi connectivity index (χ0n) is 19.0. The summed E-state index contributed by atoms with van der Waals surface area (Å²) in [7, 11) is -2.32. The standard InChI is InChI=1S/C23H27N3O7S/c1-17(27)25-10-12-26(13-11-25)34(30,31)20-8-5-7-18(14-20)23(29)33-16-22(28)24-15-19-6-3-4-9-21(19)32-2/h3-9,14H,10-13,15-16H2,1-2H3,(H,24,28). The molecule has 1 aliphatic rings. The number of carbonyl (C=O) groups is 3. The Morgan fingerprint density at radius 3 is 2.38 bits per heavy atom. The van der Waals surface area contributed by atoms with Crippen molar-refractivity contribution in [3.63, 3.8) is 0 Å². The third-order valence-corrected chi connectivity index (χ3v) is 7.29. The number of nitrogens with zero attached hydrogens (tertiary/aromatic N) is 2. The lowest BCUT2D eigenvalue weighted by Gasteiger charge is -2.33. The van der Waals surface area contributed by atoms with Crippen molar-refractivity contribution in [1.29, 1.82) is 0 Å². The van der Waals surface area contributed by atoms with Gasteiger partial charge in [0, 0.05) is 45.2 Å². The fourth-order valence-electron chi connectivity index (χ4n) is 3.48. The van der Waals surface area contributed by atoms with Crippen LogP contribution in [0.2, 0.25) is 0 Å². The molecule has 3 rings (SSSR count). The summed E-state index contributed by atoms with van der Waals surface area (Å²) in [6.07, 6.45) is 0. The first-order valence-corrected chi connectivity index (χ1v) is 12.1. The summed E-state index contributed by atoms with van der Waals surface area (Å²) in [6.45, 7) is 2.08. The molecule has 11 heteroatoms. The molecular weight excluding hydrogens is 462 g/mol. The van der Waals surface area contributed by atoms with Gasteiger partial charge in [0.05, 0.1) is 17.6 Å². The van der Waals surface area contributed by atoms with Crippen LogP contribution in [0.4, 0.5) is 0 Å². The van der Waals surface area contributed by atoms with Gasteiger partial charge in [-0.15, -0.1) is 0 Å². The van der Waals surface area contributed by atoms with Crippen LogP contribution in [-0.2, 0) is 30.9 Å². The van der Waals surface area contributed by atoms with E-state index in [1.54, 1.807) is 17.0 Å². The number of ether oxygens (including phenoxy) is 2. The van der Waals surface area contributed by atoms with Crippen LogP contribution in [0.1, 0.15) is 22.8 Å². The van der Waals surface area contributed by atoms with E-state index in [0.29, 0.717) is 18.8 Å². The molecular formula is C23H27N3O7S. The number of piperazine rings is 1. The number of nitrogens with one attached hydrogen (secondary N) is 1. The monoisotopic (exact) mass is 489 g/mol. The number of benzene rings is 2. The Labute approximate surface area is 198 Å². The van der Waals surface area contributed by atoms with Crippen LogP contribution in [0.3, 0.4) is 0 Å². The molecule has 1 N–H and O–H groups in total. The van der Waals surface area contributed by atoms with Gasteiger partial charge in [0.25, 0.3) is 5.91 Å². The maximum atomic E-state index is 13.0. The summed E-state index contributed by atoms with van der Waals surface area (Å²) < 4.78 is 37.5. The van der Waals surface area contributed by atoms with Crippen molar-refractivity contribution in [3.05, 3.63) is 59.7 Å². The average Bonchev–Trinajstić information content (AvgIpc) is 2.86. The van der Waals surface area contributed by atoms with Gasteiger partial charge in [-0.05, 0) is 24.3 Å². The summed E-state index contributed by atoms with van der Waals surface area (Å²) in [5, 5.41) is 2.64. The predicted octanol–water partition coefficient (Wildman–Crippen LogP) is 1.02. The number of hydrogen-bond donors (Lipinski definition) is 1. The summed E-state index contributed by atoms with van der Waals surface area (Å²) >= 11 is 0. The van der Waals surface area contributed by atoms with Gasteiger partial charge in [-0.25, -0.2) is 13.2 Å². The van der Waals surface area contributed by atoms with E-state index in [2.05, 4.69) is 5.32 Å². The number of methoxy groups -OCH3 is 1. The van der Waals surface area contributed by atoms with Crippen molar-refractivity contribution in [1.82, 2.24) is 14.5 Å². The third-order valence-electron chi connectivity index (χ3n) is 5.39. The molecule has 0 aromatic heterocycles. The SMILES string of the molecule is COc1ccccc1CNC(=O)COC(=O)c1cccc(S(=O)(=O)N2CCN(C(C)=O)CC2)c1. The molecule has 1 fully saturated rings. The topological polar surface area (TPSA) is 122 Å². The highest BCUT2D eigenvalue weighted by Gasteiger charge is 2.29. The highest BCUT2D eigenvalue weighted by Crippen LogP contribution is 2.20. The normalized spacial score (nSPS) is 14.4. The van der Waals surface area contributed by atoms with Crippen LogP contribution in [0.25, 0.3) is 0 Å². The van der Waals surface area contributed by atoms with E-state index < -0.39 is 28.5 Å². The number of esters is 1. The average molecular weight is 490 g/mol. The Morgan fingerprint density at radius 2 is 1.71 bits per heavy atom. The zero-order valence-corrected chi connectivity index (χ0v) is 19.8. The van der Waals surface area contributed by atoms with Gasteiger partial charge in [0.1, 0.15) is 5.75 Å². The molecule has 1 saturated heterocycles. The third kappa shape index (κ3) is 6.12. The number of para-hydroxylation sites is 1. The highest BCUT2D eigenvalue weighted by atomic mass is 32.2. The lowest BCUT2D eigenvalue weighted by Crippen LogP contribution is -2.49. The lowest BCUT2D eigenvalue weighted by atomic mass is 10.2. The van der Waals surface area contributed by atoms with Crippen molar-refractivity contribution in [2.45, 2.75) is 18.4 Å². The highest BCUT2D eigenvalue weighted by molar-refractivity contribution is 7.89. The summed E-state index contributed by atoms with van der Waals surface area (Å²) in [5.41, 5.74) is 0.785. The largest absolute Gasteiger partial charge is 0.496 e. The summed E-state index contributed by atoms with van der Waals surface area (Å²) in [5.74, 6) is -0.800. The van der Waals surface area contributed by atoms with Crippen LogP contribution in [-0.4, -0.2) is 75.3 Å². The van der Waals surface area contributed by atoms with Crippen LogP contribution < -0.4 is 10.1 Å². The molecule has 10 nitrogen and oxygen atoms in total. The first-order chi connectivity index (χ1) is 16.2. The van der Waals surface area contributed by atoms with Gasteiger partial charge in [-0.3, -0.25) is 9.59 Å². The quantitative estimate of drug-likeness (QED) is 0.550. The van der Waals surface area contributed by atoms with E-state index in [1.807, 2.05) is 12.1 Å². The fraction of sp³-hybridized carbons (Fsp3) is 0.348. The van der Waals surface area contributed by atoms with Crippen molar-refractivity contribution in [2.24, 2.45) is 0 Å². The number of sulfonamides is 1. The molecule has 34 heavy (non-hydrogen) atoms. The Balaban J connectivity index is 1.57. The Bertz CT molecular complexity index is 1160. The molecule has 2 amide bonds. The Kier molecular flexibility index (Phi) is 8.24. The molecule has 182 valence electrons. The molecule has 2 aromatic carbocycles. The van der Waals surface area contributed by atoms with Crippen LogP contribution in [0.15, 0.2) is 53.4 Å². The molecule has 1 aliphatic heterocycles. The van der Waals surface area contributed by atoms with Gasteiger partial charge in [-0.2, -0.15) is 4.31 Å². The molecule has 0 saturated carbocycles. The molecule has 0 atom stereocenters. The number of hydrogen-bond acceptors (Lipinski definition) is 7. The minimum absolute atomic E-state index is 0.0148. The molecule has 0 spiro atoms. The van der Waals surface area contributed by atoms with Gasteiger partial charge in [-0.1, -0.05) is 24.3 Å². The minimum Gasteiger partial charge on any atom is -0.496 e. The van der Waals surface area contributed by atoms with Crippen LogP contribution in [0.5, 0.6) is 5.75 Å². The van der Waals surface area contributed by atoms with Gasteiger partial charge < -0.3 is 19.7 Å². The van der Waals surface area contributed by atoms with E-state index in [0.717, 1.165) is 5.56 Å². The summed E-state index contributed by atoms with van der Waals surface area (Å²) in [6, 6.07) is 12.7. The first-order valence-electron chi connectivity index (χ1n) is 10.6. The molecule has 2 aromatic rings. The van der Waals surface area contributed by atoms with Gasteiger partial charge in [0.15, 0.2) is 6.61 Å². The van der Waals surface area contributed by atoms with E-state index in [4.69, 9.17) is 9.47 Å². The molecule has 1 heterocycles. The zero-order chi connectivity index (χ0) is 24.7. The van der Waals surface area contributed by atoms with E-state index >= 15 is 0 Å². The van der Waals surface area contributed by atoms with Crippen molar-refractivity contribution < 1.29 is 32.3 Å². The molecule has 0 bridgehead atoms. The summed E-state index contributed by atoms with van der Waals surface area (Å²) in [4.78, 5) is 37.5. The van der Waals surface area contributed by atoms with Crippen molar-refractivity contribution in [3.8, 4) is 5.75 Å². The second-order valence-corrected chi connectivity index (χ2v) is 9.54. The van der Waals surface area contributed by atoms with Gasteiger partial charge >= 0.3 is 5.97 Å². The smallest absolute Gasteiger partial charge is 0.338 e. The predicted molar refractivity (Wildman–Crippen MR) is 123 cm³/mol. The minimum atomic E-state index is -3.85. The van der Waals surface area contributed by atoms with Crippen LogP contribution >= 0.6 is 0 Å². The van der Waals surface area contributed by atoms with E-state index in [9.17, 15) is 22.8 Å². The number of carbonyl (C=O) groups excluding carboxylic acids is 3. The van der Waals surface area contributed by atoms with Gasteiger partial charge in [0.2, 0.25) is 15.9 Å². The molecule has 0 aliphatic carbocycles. The number of amides is 2. The second kappa shape index (κ2) is 11.1. The van der Waals surface area contributed by atoms with Crippen LogP contribution in [0, 0.1) is 0 Å². The maximum Gasteiger partial charge on any atom is 0.338 e.